The molecule has 6 heteroatoms. The van der Waals surface area contributed by atoms with Gasteiger partial charge in [0.05, 0.1) is 20.8 Å². The monoisotopic (exact) mass is 371 g/mol. The van der Waals surface area contributed by atoms with Gasteiger partial charge >= 0.3 is 0 Å². The number of nitrogens with zero attached hydrogens (tertiary/aromatic N) is 1. The summed E-state index contributed by atoms with van der Waals surface area (Å²) in [6.45, 7) is 6.09. The first-order valence-corrected chi connectivity index (χ1v) is 9.15. The van der Waals surface area contributed by atoms with E-state index in [2.05, 4.69) is 46.8 Å². The van der Waals surface area contributed by atoms with E-state index < -0.39 is 0 Å². The lowest BCUT2D eigenvalue weighted by atomic mass is 10.1. The molecule has 0 atom stereocenters. The first-order chi connectivity index (χ1) is 13.1. The molecule has 0 aromatic heterocycles. The Morgan fingerprint density at radius 1 is 1.00 bits per heavy atom. The molecule has 0 aliphatic heterocycles. The van der Waals surface area contributed by atoms with E-state index in [0.717, 1.165) is 24.5 Å². The Morgan fingerprint density at radius 2 is 1.63 bits per heavy atom. The van der Waals surface area contributed by atoms with Gasteiger partial charge < -0.3 is 25.2 Å². The second-order valence-corrected chi connectivity index (χ2v) is 6.02. The van der Waals surface area contributed by atoms with Crippen molar-refractivity contribution in [3.63, 3.8) is 0 Å². The van der Waals surface area contributed by atoms with Crippen molar-refractivity contribution in [3.8, 4) is 17.2 Å². The van der Waals surface area contributed by atoms with Gasteiger partial charge in [-0.1, -0.05) is 31.2 Å². The number of hydrogen-bond acceptors (Lipinski definition) is 4. The number of methoxy groups -OCH3 is 2. The fraction of sp³-hybridized carbons (Fsp3) is 0.381. The molecule has 0 saturated heterocycles. The average molecular weight is 371 g/mol. The van der Waals surface area contributed by atoms with Crippen LogP contribution in [0.2, 0.25) is 0 Å². The van der Waals surface area contributed by atoms with E-state index in [1.807, 2.05) is 6.92 Å². The van der Waals surface area contributed by atoms with Gasteiger partial charge in [0.2, 0.25) is 5.75 Å². The molecular formula is C21H29N3O3. The highest BCUT2D eigenvalue weighted by Crippen LogP contribution is 2.37. The summed E-state index contributed by atoms with van der Waals surface area (Å²) < 4.78 is 10.4. The van der Waals surface area contributed by atoms with Crippen LogP contribution in [-0.2, 0) is 19.5 Å². The largest absolute Gasteiger partial charge is 0.502 e. The van der Waals surface area contributed by atoms with Crippen LogP contribution in [0.1, 0.15) is 30.5 Å². The molecule has 0 saturated carbocycles. The molecule has 0 amide bonds. The number of benzene rings is 2. The molecule has 2 aromatic carbocycles. The predicted octanol–water partition coefficient (Wildman–Crippen LogP) is 3.23. The maximum absolute atomic E-state index is 10.0. The zero-order valence-corrected chi connectivity index (χ0v) is 16.5. The van der Waals surface area contributed by atoms with Gasteiger partial charge in [0.1, 0.15) is 0 Å². The predicted molar refractivity (Wildman–Crippen MR) is 109 cm³/mol. The van der Waals surface area contributed by atoms with E-state index in [1.54, 1.807) is 12.1 Å². The van der Waals surface area contributed by atoms with Crippen LogP contribution in [0.3, 0.4) is 0 Å². The Morgan fingerprint density at radius 3 is 2.19 bits per heavy atom. The molecule has 0 aliphatic carbocycles. The highest BCUT2D eigenvalue weighted by atomic mass is 16.5. The van der Waals surface area contributed by atoms with Crippen LogP contribution in [-0.4, -0.2) is 31.8 Å². The van der Waals surface area contributed by atoms with E-state index in [-0.39, 0.29) is 5.75 Å². The number of guanidine groups is 1. The standard InChI is InChI=1S/C21H29N3O3/c1-5-16-9-7-8-10-17(16)14-24-21(22-6-2)23-13-15-11-18(26-3)20(25)19(12-15)27-4/h7-12,25H,5-6,13-14H2,1-4H3,(H2,22,23,24). The molecule has 0 aliphatic rings. The lowest BCUT2D eigenvalue weighted by molar-refractivity contribution is 0.339. The van der Waals surface area contributed by atoms with Crippen molar-refractivity contribution in [2.24, 2.45) is 4.99 Å². The molecule has 2 rings (SSSR count). The fourth-order valence-corrected chi connectivity index (χ4v) is 2.80. The van der Waals surface area contributed by atoms with E-state index in [9.17, 15) is 5.11 Å². The van der Waals surface area contributed by atoms with Crippen LogP contribution in [0, 0.1) is 0 Å². The van der Waals surface area contributed by atoms with Gasteiger partial charge in [0, 0.05) is 13.1 Å². The Hall–Kier alpha value is -2.89. The minimum atomic E-state index is -0.00562. The highest BCUT2D eigenvalue weighted by Gasteiger charge is 2.11. The summed E-state index contributed by atoms with van der Waals surface area (Å²) in [5, 5.41) is 16.7. The zero-order chi connectivity index (χ0) is 19.6. The molecule has 0 heterocycles. The molecule has 0 bridgehead atoms. The van der Waals surface area contributed by atoms with Gasteiger partial charge in [0.25, 0.3) is 0 Å². The zero-order valence-electron chi connectivity index (χ0n) is 16.5. The number of aliphatic imine (C=N–C) groups is 1. The van der Waals surface area contributed by atoms with Crippen LogP contribution in [0.5, 0.6) is 17.2 Å². The second kappa shape index (κ2) is 10.3. The quantitative estimate of drug-likeness (QED) is 0.491. The number of aryl methyl sites for hydroxylation is 1. The molecule has 0 spiro atoms. The Kier molecular flexibility index (Phi) is 7.79. The maximum Gasteiger partial charge on any atom is 0.200 e. The summed E-state index contributed by atoms with van der Waals surface area (Å²) in [4.78, 5) is 4.64. The Balaban J connectivity index is 2.13. The molecule has 0 unspecified atom stereocenters. The number of nitrogens with one attached hydrogen (secondary N) is 2. The summed E-state index contributed by atoms with van der Waals surface area (Å²) in [6.07, 6.45) is 0.999. The molecule has 2 aromatic rings. The van der Waals surface area contributed by atoms with Crippen molar-refractivity contribution in [2.75, 3.05) is 20.8 Å². The number of hydrogen-bond donors (Lipinski definition) is 3. The van der Waals surface area contributed by atoms with Crippen LogP contribution >= 0.6 is 0 Å². The van der Waals surface area contributed by atoms with E-state index in [4.69, 9.17) is 9.47 Å². The topological polar surface area (TPSA) is 75.1 Å². The van der Waals surface area contributed by atoms with E-state index in [0.29, 0.717) is 24.6 Å². The van der Waals surface area contributed by atoms with Crippen molar-refractivity contribution in [2.45, 2.75) is 33.4 Å². The first-order valence-electron chi connectivity index (χ1n) is 9.15. The summed E-state index contributed by atoms with van der Waals surface area (Å²) in [5.41, 5.74) is 3.47. The van der Waals surface area contributed by atoms with Crippen LogP contribution in [0.15, 0.2) is 41.4 Å². The van der Waals surface area contributed by atoms with Crippen LogP contribution in [0.4, 0.5) is 0 Å². The van der Waals surface area contributed by atoms with Crippen LogP contribution < -0.4 is 20.1 Å². The SMILES string of the molecule is CCNC(=NCc1cc(OC)c(O)c(OC)c1)NCc1ccccc1CC. The Labute approximate surface area is 161 Å². The van der Waals surface area contributed by atoms with Gasteiger partial charge in [-0.2, -0.15) is 0 Å². The third-order valence-electron chi connectivity index (χ3n) is 4.25. The number of rotatable bonds is 8. The van der Waals surface area contributed by atoms with Crippen molar-refractivity contribution >= 4 is 5.96 Å². The highest BCUT2D eigenvalue weighted by molar-refractivity contribution is 5.79. The fourth-order valence-electron chi connectivity index (χ4n) is 2.80. The van der Waals surface area contributed by atoms with Gasteiger partial charge in [-0.25, -0.2) is 4.99 Å². The summed E-state index contributed by atoms with van der Waals surface area (Å²) >= 11 is 0. The van der Waals surface area contributed by atoms with Gasteiger partial charge in [0.15, 0.2) is 17.5 Å². The number of phenolic OH excluding ortho intramolecular Hbond substituents is 1. The average Bonchev–Trinajstić information content (AvgIpc) is 2.70. The third-order valence-corrected chi connectivity index (χ3v) is 4.25. The minimum Gasteiger partial charge on any atom is -0.502 e. The van der Waals surface area contributed by atoms with Crippen molar-refractivity contribution in [1.82, 2.24) is 10.6 Å². The van der Waals surface area contributed by atoms with Gasteiger partial charge in [-0.15, -0.1) is 0 Å². The smallest absolute Gasteiger partial charge is 0.200 e. The first kappa shape index (κ1) is 20.4. The lowest BCUT2D eigenvalue weighted by Gasteiger charge is -2.14. The third kappa shape index (κ3) is 5.54. The van der Waals surface area contributed by atoms with E-state index in [1.165, 1.54) is 25.3 Å². The molecule has 146 valence electrons. The molecule has 0 radical (unpaired) electrons. The van der Waals surface area contributed by atoms with Crippen LogP contribution in [0.25, 0.3) is 0 Å². The van der Waals surface area contributed by atoms with Gasteiger partial charge in [-0.3, -0.25) is 0 Å². The minimum absolute atomic E-state index is 0.00562. The van der Waals surface area contributed by atoms with E-state index >= 15 is 0 Å². The number of ether oxygens (including phenoxy) is 2. The van der Waals surface area contributed by atoms with Crippen molar-refractivity contribution < 1.29 is 14.6 Å². The molecule has 0 fully saturated rings. The lowest BCUT2D eigenvalue weighted by Crippen LogP contribution is -2.37. The number of aromatic hydroxyl groups is 1. The van der Waals surface area contributed by atoms with Gasteiger partial charge in [-0.05, 0) is 42.2 Å². The normalized spacial score (nSPS) is 11.2. The summed E-state index contributed by atoms with van der Waals surface area (Å²) in [5.74, 6) is 1.46. The Bertz CT molecular complexity index is 750. The summed E-state index contributed by atoms with van der Waals surface area (Å²) in [7, 11) is 3.02. The van der Waals surface area contributed by atoms with Crippen molar-refractivity contribution in [1.29, 1.82) is 0 Å². The molecule has 6 nitrogen and oxygen atoms in total. The van der Waals surface area contributed by atoms with Crippen molar-refractivity contribution in [3.05, 3.63) is 53.1 Å². The number of phenols is 1. The second-order valence-electron chi connectivity index (χ2n) is 6.02. The summed E-state index contributed by atoms with van der Waals surface area (Å²) in [6, 6.07) is 11.9. The molecular weight excluding hydrogens is 342 g/mol. The molecule has 3 N–H and O–H groups in total. The maximum atomic E-state index is 10.0. The molecule has 27 heavy (non-hydrogen) atoms.